The van der Waals surface area contributed by atoms with Crippen molar-refractivity contribution < 1.29 is 5.11 Å². The Balaban J connectivity index is 2.16. The van der Waals surface area contributed by atoms with Crippen LogP contribution in [-0.4, -0.2) is 16.7 Å². The number of aromatic nitrogens is 1. The fraction of sp³-hybridized carbons (Fsp3) is 0.235. The van der Waals surface area contributed by atoms with E-state index in [1.165, 1.54) is 0 Å². The largest absolute Gasteiger partial charge is 0.394 e. The first-order chi connectivity index (χ1) is 9.85. The van der Waals surface area contributed by atoms with Crippen LogP contribution in [0.4, 0.5) is 0 Å². The van der Waals surface area contributed by atoms with E-state index in [9.17, 15) is 5.11 Å². The van der Waals surface area contributed by atoms with Gasteiger partial charge in [-0.25, -0.2) is 0 Å². The van der Waals surface area contributed by atoms with Crippen molar-refractivity contribution in [1.29, 1.82) is 0 Å². The number of nitrogens with zero attached hydrogens (tertiary/aromatic N) is 1. The van der Waals surface area contributed by atoms with Crippen LogP contribution in [0.25, 0.3) is 0 Å². The summed E-state index contributed by atoms with van der Waals surface area (Å²) in [6.07, 6.45) is 4.41. The fourth-order valence-electron chi connectivity index (χ4n) is 2.21. The third-order valence-corrected chi connectivity index (χ3v) is 3.23. The maximum absolute atomic E-state index is 9.63. The molecule has 2 atom stereocenters. The van der Waals surface area contributed by atoms with Crippen LogP contribution in [0.5, 0.6) is 0 Å². The molecule has 3 nitrogen and oxygen atoms in total. The average Bonchev–Trinajstić information content (AvgIpc) is 2.53. The number of hydrogen-bond acceptors (Lipinski definition) is 3. The zero-order valence-electron chi connectivity index (χ0n) is 11.4. The molecule has 1 aromatic carbocycles. The lowest BCUT2D eigenvalue weighted by molar-refractivity contribution is 0.232. The molecule has 20 heavy (non-hydrogen) atoms. The van der Waals surface area contributed by atoms with Gasteiger partial charge in [-0.15, -0.1) is 6.58 Å². The van der Waals surface area contributed by atoms with Crippen molar-refractivity contribution >= 4 is 0 Å². The van der Waals surface area contributed by atoms with E-state index in [4.69, 9.17) is 0 Å². The Morgan fingerprint density at radius 3 is 2.45 bits per heavy atom. The SMILES string of the molecule is C=CC[C@@H](N[C@@H](CO)c1ccccc1)c1ccccn1. The van der Waals surface area contributed by atoms with Crippen LogP contribution >= 0.6 is 0 Å². The van der Waals surface area contributed by atoms with E-state index in [1.807, 2.05) is 54.6 Å². The molecule has 0 unspecified atom stereocenters. The minimum Gasteiger partial charge on any atom is -0.394 e. The van der Waals surface area contributed by atoms with E-state index < -0.39 is 0 Å². The van der Waals surface area contributed by atoms with E-state index in [2.05, 4.69) is 16.9 Å². The molecule has 0 spiro atoms. The molecule has 2 rings (SSSR count). The van der Waals surface area contributed by atoms with Gasteiger partial charge in [0.15, 0.2) is 0 Å². The number of pyridine rings is 1. The molecule has 0 amide bonds. The maximum atomic E-state index is 9.63. The van der Waals surface area contributed by atoms with Crippen LogP contribution in [0.2, 0.25) is 0 Å². The third-order valence-electron chi connectivity index (χ3n) is 3.23. The summed E-state index contributed by atoms with van der Waals surface area (Å²) in [5.41, 5.74) is 2.03. The summed E-state index contributed by atoms with van der Waals surface area (Å²) in [7, 11) is 0. The molecular formula is C17H20N2O. The number of benzene rings is 1. The maximum Gasteiger partial charge on any atom is 0.0626 e. The third kappa shape index (κ3) is 3.76. The van der Waals surface area contributed by atoms with Crippen molar-refractivity contribution in [2.75, 3.05) is 6.61 Å². The molecule has 1 aromatic heterocycles. The Labute approximate surface area is 120 Å². The van der Waals surface area contributed by atoms with Gasteiger partial charge in [0.2, 0.25) is 0 Å². The highest BCUT2D eigenvalue weighted by molar-refractivity contribution is 5.20. The molecule has 0 radical (unpaired) electrons. The number of rotatable bonds is 7. The van der Waals surface area contributed by atoms with Crippen molar-refractivity contribution in [3.8, 4) is 0 Å². The zero-order valence-corrected chi connectivity index (χ0v) is 11.4. The van der Waals surface area contributed by atoms with Crippen LogP contribution in [0.15, 0.2) is 67.4 Å². The Hall–Kier alpha value is -1.97. The van der Waals surface area contributed by atoms with E-state index in [-0.39, 0.29) is 18.7 Å². The quantitative estimate of drug-likeness (QED) is 0.759. The highest BCUT2D eigenvalue weighted by atomic mass is 16.3. The van der Waals surface area contributed by atoms with Crippen molar-refractivity contribution in [2.45, 2.75) is 18.5 Å². The lowest BCUT2D eigenvalue weighted by atomic mass is 10.0. The Kier molecular flexibility index (Phi) is 5.47. The van der Waals surface area contributed by atoms with Crippen LogP contribution in [-0.2, 0) is 0 Å². The average molecular weight is 268 g/mol. The van der Waals surface area contributed by atoms with Gasteiger partial charge in [-0.05, 0) is 24.1 Å². The van der Waals surface area contributed by atoms with Gasteiger partial charge >= 0.3 is 0 Å². The van der Waals surface area contributed by atoms with Crippen LogP contribution in [0, 0.1) is 0 Å². The minimum absolute atomic E-state index is 0.0461. The van der Waals surface area contributed by atoms with Gasteiger partial charge < -0.3 is 5.11 Å². The molecule has 0 aliphatic heterocycles. The number of nitrogens with one attached hydrogen (secondary N) is 1. The van der Waals surface area contributed by atoms with Crippen LogP contribution in [0.1, 0.15) is 29.8 Å². The summed E-state index contributed by atoms with van der Waals surface area (Å²) in [6, 6.07) is 15.7. The summed E-state index contributed by atoms with van der Waals surface area (Å²) >= 11 is 0. The van der Waals surface area contributed by atoms with Gasteiger partial charge in [0.25, 0.3) is 0 Å². The minimum atomic E-state index is -0.108. The van der Waals surface area contributed by atoms with Crippen molar-refractivity contribution in [1.82, 2.24) is 10.3 Å². The molecule has 0 saturated carbocycles. The number of aliphatic hydroxyl groups excluding tert-OH is 1. The number of hydrogen-bond donors (Lipinski definition) is 2. The van der Waals surface area contributed by atoms with Crippen LogP contribution in [0.3, 0.4) is 0 Å². The van der Waals surface area contributed by atoms with Crippen LogP contribution < -0.4 is 5.32 Å². The van der Waals surface area contributed by atoms with Gasteiger partial charge in [0, 0.05) is 6.20 Å². The van der Waals surface area contributed by atoms with E-state index in [0.717, 1.165) is 17.7 Å². The van der Waals surface area contributed by atoms with E-state index in [1.54, 1.807) is 6.20 Å². The zero-order chi connectivity index (χ0) is 14.2. The summed E-state index contributed by atoms with van der Waals surface area (Å²) in [4.78, 5) is 4.39. The predicted octanol–water partition coefficient (Wildman–Crippen LogP) is 3.02. The molecule has 0 aliphatic rings. The monoisotopic (exact) mass is 268 g/mol. The molecule has 2 aromatic rings. The van der Waals surface area contributed by atoms with Gasteiger partial charge in [-0.2, -0.15) is 0 Å². The molecule has 0 aliphatic carbocycles. The normalized spacial score (nSPS) is 13.7. The van der Waals surface area contributed by atoms with Crippen molar-refractivity contribution in [3.05, 3.63) is 78.6 Å². The lowest BCUT2D eigenvalue weighted by Gasteiger charge is -2.24. The summed E-state index contributed by atoms with van der Waals surface area (Å²) in [6.45, 7) is 3.85. The van der Waals surface area contributed by atoms with Crippen molar-refractivity contribution in [3.63, 3.8) is 0 Å². The Bertz CT molecular complexity index is 513. The molecule has 3 heteroatoms. The summed E-state index contributed by atoms with van der Waals surface area (Å²) in [5.74, 6) is 0. The second-order valence-corrected chi connectivity index (χ2v) is 4.64. The molecule has 0 bridgehead atoms. The molecule has 1 heterocycles. The molecule has 104 valence electrons. The standard InChI is InChI=1S/C17H20N2O/c1-2-8-16(15-11-6-7-12-18-15)19-17(13-20)14-9-4-3-5-10-14/h2-7,9-12,16-17,19-20H,1,8,13H2/t16-,17+/m1/s1. The lowest BCUT2D eigenvalue weighted by Crippen LogP contribution is -2.29. The number of aliphatic hydroxyl groups is 1. The highest BCUT2D eigenvalue weighted by Crippen LogP contribution is 2.21. The second kappa shape index (κ2) is 7.58. The smallest absolute Gasteiger partial charge is 0.0626 e. The first-order valence-corrected chi connectivity index (χ1v) is 6.79. The Morgan fingerprint density at radius 1 is 1.10 bits per heavy atom. The Morgan fingerprint density at radius 2 is 1.85 bits per heavy atom. The van der Waals surface area contributed by atoms with E-state index in [0.29, 0.717) is 0 Å². The first-order valence-electron chi connectivity index (χ1n) is 6.79. The van der Waals surface area contributed by atoms with Crippen molar-refractivity contribution in [2.24, 2.45) is 0 Å². The molecule has 0 saturated heterocycles. The molecular weight excluding hydrogens is 248 g/mol. The van der Waals surface area contributed by atoms with Gasteiger partial charge in [0.1, 0.15) is 0 Å². The highest BCUT2D eigenvalue weighted by Gasteiger charge is 2.17. The second-order valence-electron chi connectivity index (χ2n) is 4.64. The van der Waals surface area contributed by atoms with Gasteiger partial charge in [-0.1, -0.05) is 42.5 Å². The fourth-order valence-corrected chi connectivity index (χ4v) is 2.21. The van der Waals surface area contributed by atoms with E-state index >= 15 is 0 Å². The van der Waals surface area contributed by atoms with Gasteiger partial charge in [-0.3, -0.25) is 10.3 Å². The summed E-state index contributed by atoms with van der Waals surface area (Å²) in [5, 5.41) is 13.1. The topological polar surface area (TPSA) is 45.1 Å². The van der Waals surface area contributed by atoms with Gasteiger partial charge in [0.05, 0.1) is 24.4 Å². The molecule has 0 fully saturated rings. The molecule has 2 N–H and O–H groups in total. The summed E-state index contributed by atoms with van der Waals surface area (Å²) < 4.78 is 0. The predicted molar refractivity (Wildman–Crippen MR) is 81.2 cm³/mol. The first kappa shape index (κ1) is 14.4.